The van der Waals surface area contributed by atoms with Gasteiger partial charge in [0.1, 0.15) is 0 Å². The van der Waals surface area contributed by atoms with Crippen LogP contribution >= 0.6 is 11.8 Å². The van der Waals surface area contributed by atoms with Crippen LogP contribution in [0.2, 0.25) is 0 Å². The lowest BCUT2D eigenvalue weighted by Crippen LogP contribution is -2.38. The first-order chi connectivity index (χ1) is 18.2. The number of nitrogens with two attached hydrogens (primary N) is 1. The zero-order valence-corrected chi connectivity index (χ0v) is 21.7. The van der Waals surface area contributed by atoms with E-state index < -0.39 is 6.29 Å². The van der Waals surface area contributed by atoms with E-state index in [0.717, 1.165) is 44.2 Å². The predicted octanol–water partition coefficient (Wildman–Crippen LogP) is 6.28. The molecule has 1 saturated heterocycles. The van der Waals surface area contributed by atoms with E-state index >= 15 is 0 Å². The number of hydrogen-bond acceptors (Lipinski definition) is 6. The number of aliphatic hydroxyl groups is 1. The molecule has 4 aromatic rings. The van der Waals surface area contributed by atoms with Crippen LogP contribution in [0.15, 0.2) is 102 Å². The predicted molar refractivity (Wildman–Crippen MR) is 148 cm³/mol. The van der Waals surface area contributed by atoms with Crippen molar-refractivity contribution < 1.29 is 14.6 Å². The Kier molecular flexibility index (Phi) is 8.34. The van der Waals surface area contributed by atoms with Crippen LogP contribution in [0.3, 0.4) is 0 Å². The highest BCUT2D eigenvalue weighted by Crippen LogP contribution is 2.43. The monoisotopic (exact) mass is 512 g/mol. The fraction of sp³-hybridized carbons (Fsp3) is 0.258. The highest BCUT2D eigenvalue weighted by atomic mass is 32.2. The highest BCUT2D eigenvalue weighted by molar-refractivity contribution is 7.99. The molecule has 0 saturated carbocycles. The maximum Gasteiger partial charge on any atom is 0.184 e. The summed E-state index contributed by atoms with van der Waals surface area (Å²) < 4.78 is 13.2. The molecule has 4 atom stereocenters. The van der Waals surface area contributed by atoms with Crippen molar-refractivity contribution in [3.05, 3.63) is 119 Å². The summed E-state index contributed by atoms with van der Waals surface area (Å²) in [4.78, 5) is 4.46. The Morgan fingerprint density at radius 3 is 2.30 bits per heavy atom. The zero-order valence-electron chi connectivity index (χ0n) is 20.9. The molecule has 1 aromatic heterocycles. The van der Waals surface area contributed by atoms with Crippen molar-refractivity contribution in [2.24, 2.45) is 11.7 Å². The second-order valence-corrected chi connectivity index (χ2v) is 10.3. The largest absolute Gasteiger partial charge is 0.392 e. The summed E-state index contributed by atoms with van der Waals surface area (Å²) in [6, 6.07) is 30.6. The van der Waals surface area contributed by atoms with Crippen LogP contribution in [0.4, 0.5) is 0 Å². The van der Waals surface area contributed by atoms with Gasteiger partial charge in [-0.3, -0.25) is 0 Å². The molecule has 5 nitrogen and oxygen atoms in total. The van der Waals surface area contributed by atoms with Gasteiger partial charge in [0.2, 0.25) is 0 Å². The van der Waals surface area contributed by atoms with E-state index in [1.807, 2.05) is 60.8 Å². The molecule has 190 valence electrons. The third-order valence-electron chi connectivity index (χ3n) is 6.89. The average molecular weight is 513 g/mol. The van der Waals surface area contributed by atoms with E-state index in [4.69, 9.17) is 15.2 Å². The molecule has 3 aromatic carbocycles. The first-order valence-corrected chi connectivity index (χ1v) is 13.6. The van der Waals surface area contributed by atoms with Gasteiger partial charge in [-0.15, -0.1) is 11.8 Å². The van der Waals surface area contributed by atoms with Crippen LogP contribution in [0, 0.1) is 5.92 Å². The van der Waals surface area contributed by atoms with E-state index in [1.54, 1.807) is 11.8 Å². The number of pyridine rings is 1. The number of nitrogens with zero attached hydrogens (tertiary/aromatic N) is 1. The molecule has 3 N–H and O–H groups in total. The molecule has 0 radical (unpaired) electrons. The minimum Gasteiger partial charge on any atom is -0.392 e. The molecule has 0 bridgehead atoms. The smallest absolute Gasteiger partial charge is 0.184 e. The van der Waals surface area contributed by atoms with Crippen molar-refractivity contribution in [3.8, 4) is 11.1 Å². The molecule has 1 aliphatic heterocycles. The summed E-state index contributed by atoms with van der Waals surface area (Å²) in [7, 11) is 0. The highest BCUT2D eigenvalue weighted by Gasteiger charge is 2.38. The molecule has 0 spiro atoms. The number of thioether (sulfide) groups is 1. The van der Waals surface area contributed by atoms with Gasteiger partial charge in [0.15, 0.2) is 6.29 Å². The number of hydrogen-bond donors (Lipinski definition) is 2. The van der Waals surface area contributed by atoms with E-state index in [-0.39, 0.29) is 24.7 Å². The fourth-order valence-corrected chi connectivity index (χ4v) is 5.74. The molecular weight excluding hydrogens is 480 g/mol. The minimum atomic E-state index is -0.494. The molecular formula is C31H32N2O3S. The van der Waals surface area contributed by atoms with Crippen molar-refractivity contribution in [1.82, 2.24) is 4.98 Å². The van der Waals surface area contributed by atoms with Crippen LogP contribution in [0.1, 0.15) is 41.6 Å². The Labute approximate surface area is 222 Å². The zero-order chi connectivity index (χ0) is 25.6. The van der Waals surface area contributed by atoms with Crippen molar-refractivity contribution in [1.29, 1.82) is 0 Å². The van der Waals surface area contributed by atoms with Gasteiger partial charge in [-0.2, -0.15) is 0 Å². The van der Waals surface area contributed by atoms with Crippen LogP contribution in [-0.2, 0) is 22.6 Å². The molecule has 6 heteroatoms. The fourth-order valence-electron chi connectivity index (χ4n) is 4.71. The summed E-state index contributed by atoms with van der Waals surface area (Å²) in [5, 5.41) is 10.5. The van der Waals surface area contributed by atoms with E-state index in [1.165, 1.54) is 0 Å². The van der Waals surface area contributed by atoms with Crippen LogP contribution in [0.5, 0.6) is 0 Å². The maximum atomic E-state index is 9.47. The van der Waals surface area contributed by atoms with Crippen molar-refractivity contribution in [2.75, 3.05) is 5.75 Å². The second kappa shape index (κ2) is 12.0. The number of benzene rings is 3. The Hall–Kier alpha value is -3.00. The lowest BCUT2D eigenvalue weighted by atomic mass is 9.91. The third kappa shape index (κ3) is 5.95. The molecule has 1 aliphatic rings. The van der Waals surface area contributed by atoms with Crippen LogP contribution in [0.25, 0.3) is 11.1 Å². The summed E-state index contributed by atoms with van der Waals surface area (Å²) in [5.41, 5.74) is 12.3. The van der Waals surface area contributed by atoms with E-state index in [2.05, 4.69) is 48.3 Å². The van der Waals surface area contributed by atoms with Crippen molar-refractivity contribution >= 4 is 11.8 Å². The molecule has 5 rings (SSSR count). The lowest BCUT2D eigenvalue weighted by molar-refractivity contribution is -0.268. The summed E-state index contributed by atoms with van der Waals surface area (Å²) >= 11 is 1.70. The van der Waals surface area contributed by atoms with Gasteiger partial charge in [-0.05, 0) is 39.9 Å². The first kappa shape index (κ1) is 25.6. The topological polar surface area (TPSA) is 77.6 Å². The standard InChI is InChI=1S/C31H32N2O3S/c1-21-28(20-37-29-8-4-5-17-33-29)35-31(36-30(21)24-11-9-22(19-34)10-12-24)25-15-13-23(14-16-25)27-7-3-2-6-26(27)18-32/h2-17,21,28,30-31,34H,18-20,32H2,1H3. The Morgan fingerprint density at radius 2 is 1.59 bits per heavy atom. The molecule has 4 unspecified atom stereocenters. The first-order valence-electron chi connectivity index (χ1n) is 12.6. The summed E-state index contributed by atoms with van der Waals surface area (Å²) in [5.74, 6) is 0.897. The van der Waals surface area contributed by atoms with Gasteiger partial charge in [-0.25, -0.2) is 4.98 Å². The van der Waals surface area contributed by atoms with Gasteiger partial charge >= 0.3 is 0 Å². The van der Waals surface area contributed by atoms with Crippen LogP contribution < -0.4 is 5.73 Å². The van der Waals surface area contributed by atoms with Gasteiger partial charge in [-0.1, -0.05) is 85.8 Å². The van der Waals surface area contributed by atoms with Gasteiger partial charge in [0.05, 0.1) is 23.8 Å². The molecule has 2 heterocycles. The second-order valence-electron chi connectivity index (χ2n) is 9.28. The molecule has 0 aliphatic carbocycles. The molecule has 37 heavy (non-hydrogen) atoms. The third-order valence-corrected chi connectivity index (χ3v) is 7.92. The molecule has 0 amide bonds. The lowest BCUT2D eigenvalue weighted by Gasteiger charge is -2.41. The number of rotatable bonds is 8. The van der Waals surface area contributed by atoms with Crippen molar-refractivity contribution in [2.45, 2.75) is 43.6 Å². The minimum absolute atomic E-state index is 0.0239. The van der Waals surface area contributed by atoms with Gasteiger partial charge in [0, 0.05) is 30.0 Å². The summed E-state index contributed by atoms with van der Waals surface area (Å²) in [6.07, 6.45) is 1.14. The van der Waals surface area contributed by atoms with Gasteiger partial charge < -0.3 is 20.3 Å². The number of aromatic nitrogens is 1. The Bertz CT molecular complexity index is 1280. The maximum absolute atomic E-state index is 9.47. The SMILES string of the molecule is CC1C(CSc2ccccn2)OC(c2ccc(-c3ccccc3CN)cc2)OC1c1ccc(CO)cc1. The van der Waals surface area contributed by atoms with E-state index in [0.29, 0.717) is 6.54 Å². The number of ether oxygens (including phenoxy) is 2. The van der Waals surface area contributed by atoms with Gasteiger partial charge in [0.25, 0.3) is 0 Å². The Morgan fingerprint density at radius 1 is 0.865 bits per heavy atom. The van der Waals surface area contributed by atoms with E-state index in [9.17, 15) is 5.11 Å². The van der Waals surface area contributed by atoms with Crippen LogP contribution in [-0.4, -0.2) is 21.9 Å². The molecule has 1 fully saturated rings. The average Bonchev–Trinajstić information content (AvgIpc) is 2.97. The number of aliphatic hydroxyl groups excluding tert-OH is 1. The summed E-state index contributed by atoms with van der Waals surface area (Å²) in [6.45, 7) is 2.70. The van der Waals surface area contributed by atoms with Crippen molar-refractivity contribution in [3.63, 3.8) is 0 Å². The normalized spacial score (nSPS) is 21.6. The quantitative estimate of drug-likeness (QED) is 0.271. The Balaban J connectivity index is 1.40.